The van der Waals surface area contributed by atoms with Crippen LogP contribution in [0.4, 0.5) is 0 Å². The van der Waals surface area contributed by atoms with Crippen LogP contribution in [0.3, 0.4) is 0 Å². The summed E-state index contributed by atoms with van der Waals surface area (Å²) in [5.74, 6) is 0.764. The van der Waals surface area contributed by atoms with Crippen molar-refractivity contribution >= 4 is 11.1 Å². The third-order valence-electron chi connectivity index (χ3n) is 2.69. The minimum atomic E-state index is -0.0685. The second-order valence-electron chi connectivity index (χ2n) is 6.56. The number of hydrogen-bond acceptors (Lipinski definition) is 3. The van der Waals surface area contributed by atoms with Gasteiger partial charge in [-0.3, -0.25) is 4.98 Å². The molecular weight excluding hydrogens is 212 g/mol. The lowest BCUT2D eigenvalue weighted by Crippen LogP contribution is -2.13. The molecule has 0 unspecified atom stereocenters. The number of rotatable bonds is 0. The molecule has 3 heteroatoms. The highest BCUT2D eigenvalue weighted by Crippen LogP contribution is 2.28. The molecule has 0 aliphatic rings. The lowest BCUT2D eigenvalue weighted by molar-refractivity contribution is 0.410. The van der Waals surface area contributed by atoms with E-state index >= 15 is 0 Å². The summed E-state index contributed by atoms with van der Waals surface area (Å²) in [5, 5.41) is 0. The van der Waals surface area contributed by atoms with E-state index in [9.17, 15) is 0 Å². The Morgan fingerprint density at radius 3 is 2.18 bits per heavy atom. The molecular formula is C14H20N2O. The fourth-order valence-electron chi connectivity index (χ4n) is 1.57. The third-order valence-corrected chi connectivity index (χ3v) is 2.69. The van der Waals surface area contributed by atoms with Crippen molar-refractivity contribution in [3.8, 4) is 0 Å². The lowest BCUT2D eigenvalue weighted by Gasteiger charge is -2.16. The first-order valence-electron chi connectivity index (χ1n) is 5.95. The molecule has 0 amide bonds. The fraction of sp³-hybridized carbons (Fsp3) is 0.571. The van der Waals surface area contributed by atoms with Crippen LogP contribution in [0.25, 0.3) is 11.1 Å². The number of nitrogens with zero attached hydrogens (tertiary/aromatic N) is 2. The van der Waals surface area contributed by atoms with Crippen LogP contribution in [-0.2, 0) is 10.8 Å². The summed E-state index contributed by atoms with van der Waals surface area (Å²) >= 11 is 0. The van der Waals surface area contributed by atoms with Crippen LogP contribution in [-0.4, -0.2) is 9.97 Å². The molecule has 17 heavy (non-hydrogen) atoms. The Balaban J connectivity index is 2.56. The average molecular weight is 232 g/mol. The highest BCUT2D eigenvalue weighted by atomic mass is 16.3. The summed E-state index contributed by atoms with van der Waals surface area (Å²) in [6.45, 7) is 12.7. The van der Waals surface area contributed by atoms with Crippen molar-refractivity contribution in [3.63, 3.8) is 0 Å². The van der Waals surface area contributed by atoms with Gasteiger partial charge in [-0.05, 0) is 6.07 Å². The van der Waals surface area contributed by atoms with E-state index < -0.39 is 0 Å². The fourth-order valence-corrected chi connectivity index (χ4v) is 1.57. The van der Waals surface area contributed by atoms with Crippen LogP contribution in [0.15, 0.2) is 16.7 Å². The molecule has 0 aliphatic heterocycles. The number of hydrogen-bond donors (Lipinski definition) is 0. The predicted octanol–water partition coefficient (Wildman–Crippen LogP) is 3.82. The van der Waals surface area contributed by atoms with Crippen LogP contribution < -0.4 is 0 Å². The zero-order valence-electron chi connectivity index (χ0n) is 11.5. The van der Waals surface area contributed by atoms with Gasteiger partial charge in [0.15, 0.2) is 5.58 Å². The molecule has 0 radical (unpaired) electrons. The maximum absolute atomic E-state index is 5.73. The van der Waals surface area contributed by atoms with Gasteiger partial charge in [-0.1, -0.05) is 41.5 Å². The highest BCUT2D eigenvalue weighted by Gasteiger charge is 2.22. The molecule has 0 saturated carbocycles. The van der Waals surface area contributed by atoms with Crippen molar-refractivity contribution in [3.05, 3.63) is 23.8 Å². The quantitative estimate of drug-likeness (QED) is 0.693. The lowest BCUT2D eigenvalue weighted by atomic mass is 9.91. The topological polar surface area (TPSA) is 38.9 Å². The minimum Gasteiger partial charge on any atom is -0.438 e. The molecule has 0 aliphatic carbocycles. The number of fused-ring (bicyclic) bond motifs is 1. The maximum Gasteiger partial charge on any atom is 0.200 e. The van der Waals surface area contributed by atoms with Gasteiger partial charge in [0.25, 0.3) is 0 Å². The van der Waals surface area contributed by atoms with Crippen molar-refractivity contribution in [2.45, 2.75) is 52.4 Å². The Bertz CT molecular complexity index is 529. The molecule has 0 N–H and O–H groups in total. The van der Waals surface area contributed by atoms with Crippen LogP contribution >= 0.6 is 0 Å². The van der Waals surface area contributed by atoms with E-state index in [1.807, 2.05) is 6.07 Å². The SMILES string of the molecule is CC(C)(C)c1cc2nc(C(C)(C)C)oc2cn1. The van der Waals surface area contributed by atoms with E-state index in [-0.39, 0.29) is 10.8 Å². The van der Waals surface area contributed by atoms with Crippen LogP contribution in [0, 0.1) is 0 Å². The molecule has 2 aromatic heterocycles. The zero-order chi connectivity index (χ0) is 12.8. The van der Waals surface area contributed by atoms with Gasteiger partial charge >= 0.3 is 0 Å². The van der Waals surface area contributed by atoms with Crippen LogP contribution in [0.2, 0.25) is 0 Å². The normalized spacial score (nSPS) is 13.3. The van der Waals surface area contributed by atoms with Gasteiger partial charge in [0, 0.05) is 16.5 Å². The van der Waals surface area contributed by atoms with Gasteiger partial charge in [0.2, 0.25) is 5.89 Å². The van der Waals surface area contributed by atoms with Crippen molar-refractivity contribution in [2.75, 3.05) is 0 Å². The number of oxazole rings is 1. The first-order chi connectivity index (χ1) is 7.68. The van der Waals surface area contributed by atoms with Gasteiger partial charge in [-0.15, -0.1) is 0 Å². The van der Waals surface area contributed by atoms with Crippen molar-refractivity contribution in [1.29, 1.82) is 0 Å². The monoisotopic (exact) mass is 232 g/mol. The summed E-state index contributed by atoms with van der Waals surface area (Å²) in [5.41, 5.74) is 2.67. The predicted molar refractivity (Wildman–Crippen MR) is 69.2 cm³/mol. The molecule has 2 rings (SSSR count). The highest BCUT2D eigenvalue weighted by molar-refractivity contribution is 5.72. The molecule has 0 bridgehead atoms. The van der Waals surface area contributed by atoms with E-state index in [1.54, 1.807) is 6.20 Å². The Labute approximate surface area is 102 Å². The van der Waals surface area contributed by atoms with Crippen molar-refractivity contribution < 1.29 is 4.42 Å². The second kappa shape index (κ2) is 3.56. The van der Waals surface area contributed by atoms with Crippen LogP contribution in [0.5, 0.6) is 0 Å². The van der Waals surface area contributed by atoms with Crippen molar-refractivity contribution in [1.82, 2.24) is 9.97 Å². The second-order valence-corrected chi connectivity index (χ2v) is 6.56. The van der Waals surface area contributed by atoms with E-state index in [4.69, 9.17) is 4.42 Å². The van der Waals surface area contributed by atoms with Crippen molar-refractivity contribution in [2.24, 2.45) is 0 Å². The standard InChI is InChI=1S/C14H20N2O/c1-13(2,3)11-7-9-10(8-15-11)17-12(16-9)14(4,5)6/h7-8H,1-6H3. The summed E-state index contributed by atoms with van der Waals surface area (Å²) in [6.07, 6.45) is 1.78. The summed E-state index contributed by atoms with van der Waals surface area (Å²) in [6, 6.07) is 2.02. The largest absolute Gasteiger partial charge is 0.438 e. The Hall–Kier alpha value is -1.38. The van der Waals surface area contributed by atoms with E-state index in [1.165, 1.54) is 0 Å². The molecule has 0 saturated heterocycles. The molecule has 0 fully saturated rings. The molecule has 3 nitrogen and oxygen atoms in total. The Morgan fingerprint density at radius 1 is 1.00 bits per heavy atom. The smallest absolute Gasteiger partial charge is 0.200 e. The average Bonchev–Trinajstić information content (AvgIpc) is 2.57. The minimum absolute atomic E-state index is 0.0367. The van der Waals surface area contributed by atoms with E-state index in [0.717, 1.165) is 22.7 Å². The number of aromatic nitrogens is 2. The molecule has 0 spiro atoms. The molecule has 2 heterocycles. The number of pyridine rings is 1. The van der Waals surface area contributed by atoms with Gasteiger partial charge in [-0.2, -0.15) is 0 Å². The van der Waals surface area contributed by atoms with Gasteiger partial charge < -0.3 is 4.42 Å². The molecule has 2 aromatic rings. The first-order valence-corrected chi connectivity index (χ1v) is 5.95. The molecule has 0 aromatic carbocycles. The van der Waals surface area contributed by atoms with Crippen LogP contribution in [0.1, 0.15) is 53.1 Å². The van der Waals surface area contributed by atoms with Gasteiger partial charge in [0.1, 0.15) is 5.52 Å². The summed E-state index contributed by atoms with van der Waals surface area (Å²) in [7, 11) is 0. The molecule has 0 atom stereocenters. The molecule has 92 valence electrons. The third kappa shape index (κ3) is 2.33. The first kappa shape index (κ1) is 12.1. The Morgan fingerprint density at radius 2 is 1.65 bits per heavy atom. The maximum atomic E-state index is 5.73. The van der Waals surface area contributed by atoms with Gasteiger partial charge in [-0.25, -0.2) is 4.98 Å². The van der Waals surface area contributed by atoms with E-state index in [0.29, 0.717) is 0 Å². The Kier molecular flexibility index (Phi) is 2.53. The summed E-state index contributed by atoms with van der Waals surface area (Å²) < 4.78 is 5.73. The van der Waals surface area contributed by atoms with E-state index in [2.05, 4.69) is 51.5 Å². The summed E-state index contributed by atoms with van der Waals surface area (Å²) in [4.78, 5) is 8.99. The zero-order valence-corrected chi connectivity index (χ0v) is 11.5. The van der Waals surface area contributed by atoms with Gasteiger partial charge in [0.05, 0.1) is 6.20 Å².